The summed E-state index contributed by atoms with van der Waals surface area (Å²) < 4.78 is 66.3. The summed E-state index contributed by atoms with van der Waals surface area (Å²) in [4.78, 5) is 42.4. The fourth-order valence-electron chi connectivity index (χ4n) is 9.22. The maximum absolute atomic E-state index is 14.3. The average Bonchev–Trinajstić information content (AvgIpc) is 3.59. The molecule has 0 bridgehead atoms. The van der Waals surface area contributed by atoms with E-state index in [0.29, 0.717) is 36.0 Å². The molecule has 7 atom stereocenters. The number of hydrogen-bond acceptors (Lipinski definition) is 13. The zero-order chi connectivity index (χ0) is 58.6. The smallest absolute Gasteiger partial charge is 0.338 e. The Morgan fingerprint density at radius 2 is 0.988 bits per heavy atom. The largest absolute Gasteiger partial charge is 0.541 e. The average molecular weight is 1150 g/mol. The van der Waals surface area contributed by atoms with E-state index in [-0.39, 0.29) is 62.8 Å². The van der Waals surface area contributed by atoms with Crippen molar-refractivity contribution in [1.29, 1.82) is 0 Å². The predicted molar refractivity (Wildman–Crippen MR) is 320 cm³/mol. The summed E-state index contributed by atoms with van der Waals surface area (Å²) in [7, 11) is -3.73. The highest BCUT2D eigenvalue weighted by atomic mass is 28.4. The Bertz CT molecular complexity index is 2910. The maximum Gasteiger partial charge on any atom is 0.338 e. The highest BCUT2D eigenvalue weighted by Gasteiger charge is 2.51. The van der Waals surface area contributed by atoms with Gasteiger partial charge in [-0.15, -0.1) is 0 Å². The van der Waals surface area contributed by atoms with Gasteiger partial charge in [-0.05, 0) is 150 Å². The number of rotatable bonds is 19. The zero-order valence-electron chi connectivity index (χ0n) is 50.2. The first kappa shape index (κ1) is 61.9. The van der Waals surface area contributed by atoms with Crippen molar-refractivity contribution in [3.8, 4) is 23.0 Å². The van der Waals surface area contributed by atoms with Crippen LogP contribution in [0.1, 0.15) is 116 Å². The molecule has 0 aromatic heterocycles. The van der Waals surface area contributed by atoms with Gasteiger partial charge in [0.1, 0.15) is 11.5 Å². The lowest BCUT2D eigenvalue weighted by Crippen LogP contribution is -2.58. The summed E-state index contributed by atoms with van der Waals surface area (Å²) in [6, 6.07) is 36.0. The van der Waals surface area contributed by atoms with Gasteiger partial charge in [0.2, 0.25) is 0 Å². The van der Waals surface area contributed by atoms with Gasteiger partial charge in [-0.25, -0.2) is 14.4 Å². The van der Waals surface area contributed by atoms with Gasteiger partial charge in [0.25, 0.3) is 16.6 Å². The third-order valence-electron chi connectivity index (χ3n) is 17.2. The Kier molecular flexibility index (Phi) is 19.1. The number of carbonyl (C=O) groups excluding carboxylic acids is 3. The van der Waals surface area contributed by atoms with Gasteiger partial charge >= 0.3 is 17.9 Å². The van der Waals surface area contributed by atoms with Gasteiger partial charge in [0, 0.05) is 12.5 Å². The van der Waals surface area contributed by atoms with Crippen molar-refractivity contribution < 1.29 is 60.8 Å². The number of benzene rings is 5. The standard InChI is InChI=1S/C64H86O13Si3/c1-62(2,3)78(12,13)72-39-47-35-46-37-52(69-11)53(77-80(16,17)64(7,8)9)38-48(46)55(45-33-34-50(51(36-45)68-10)76-79(14,15)63(4,5)6)49(47)40-70-61-57(75-60(67)44-31-25-20-26-32-44)56(74-59(66)43-29-23-19-24-30-43)54(41-71-61)73-58(65)42-27-21-18-22-28-42/h18-34,36-38,47,49,54-57,61H,35,39-41H2,1-17H3/t47-,49-,54-,55-,56+,57-,61?/m1/s1. The lowest BCUT2D eigenvalue weighted by atomic mass is 9.67. The Labute approximate surface area is 478 Å². The summed E-state index contributed by atoms with van der Waals surface area (Å²) in [5, 5.41) is -0.277. The van der Waals surface area contributed by atoms with Crippen molar-refractivity contribution in [3.05, 3.63) is 155 Å². The second-order valence-electron chi connectivity index (χ2n) is 25.8. The van der Waals surface area contributed by atoms with Crippen LogP contribution in [0.4, 0.5) is 0 Å². The lowest BCUT2D eigenvalue weighted by molar-refractivity contribution is -0.272. The third kappa shape index (κ3) is 14.3. The summed E-state index contributed by atoms with van der Waals surface area (Å²) in [6.45, 7) is 33.6. The van der Waals surface area contributed by atoms with E-state index < -0.39 is 67.5 Å². The molecule has 0 saturated carbocycles. The number of esters is 3. The van der Waals surface area contributed by atoms with Crippen LogP contribution in [0.3, 0.4) is 0 Å². The van der Waals surface area contributed by atoms with Crippen molar-refractivity contribution >= 4 is 42.9 Å². The van der Waals surface area contributed by atoms with Crippen molar-refractivity contribution in [2.75, 3.05) is 34.0 Å². The van der Waals surface area contributed by atoms with Crippen LogP contribution in [0.15, 0.2) is 121 Å². The number of carbonyl (C=O) groups is 3. The predicted octanol–water partition coefficient (Wildman–Crippen LogP) is 14.5. The number of hydrogen-bond donors (Lipinski definition) is 0. The minimum Gasteiger partial charge on any atom is -0.541 e. The Morgan fingerprint density at radius 3 is 1.48 bits per heavy atom. The molecule has 1 aliphatic heterocycles. The molecule has 80 heavy (non-hydrogen) atoms. The monoisotopic (exact) mass is 1150 g/mol. The first-order valence-corrected chi connectivity index (χ1v) is 36.6. The maximum atomic E-state index is 14.3. The highest BCUT2D eigenvalue weighted by molar-refractivity contribution is 6.75. The van der Waals surface area contributed by atoms with E-state index in [0.717, 1.165) is 16.7 Å². The lowest BCUT2D eigenvalue weighted by Gasteiger charge is -2.45. The molecule has 1 aliphatic carbocycles. The van der Waals surface area contributed by atoms with Crippen LogP contribution in [0.2, 0.25) is 54.4 Å². The molecule has 5 aromatic rings. The molecule has 16 heteroatoms. The number of fused-ring (bicyclic) bond motifs is 1. The molecule has 7 rings (SSSR count). The second kappa shape index (κ2) is 24.8. The van der Waals surface area contributed by atoms with E-state index in [1.54, 1.807) is 105 Å². The van der Waals surface area contributed by atoms with Gasteiger partial charge in [-0.1, -0.05) is 123 Å². The molecule has 0 amide bonds. The zero-order valence-corrected chi connectivity index (χ0v) is 53.2. The van der Waals surface area contributed by atoms with Gasteiger partial charge in [-0.2, -0.15) is 0 Å². The van der Waals surface area contributed by atoms with Gasteiger partial charge < -0.3 is 46.4 Å². The molecule has 13 nitrogen and oxygen atoms in total. The number of ether oxygens (including phenoxy) is 7. The Balaban J connectivity index is 1.39. The summed E-state index contributed by atoms with van der Waals surface area (Å²) in [5.74, 6) is -0.416. The minimum atomic E-state index is -2.42. The summed E-state index contributed by atoms with van der Waals surface area (Å²) >= 11 is 0. The van der Waals surface area contributed by atoms with Crippen molar-refractivity contribution in [1.82, 2.24) is 0 Å². The molecule has 1 saturated heterocycles. The summed E-state index contributed by atoms with van der Waals surface area (Å²) in [5.41, 5.74) is 3.81. The third-order valence-corrected chi connectivity index (χ3v) is 30.4. The molecule has 1 heterocycles. The first-order valence-electron chi connectivity index (χ1n) is 27.9. The quantitative estimate of drug-likeness (QED) is 0.0440. The van der Waals surface area contributed by atoms with Crippen LogP contribution in [-0.4, -0.2) is 102 Å². The second-order valence-corrected chi connectivity index (χ2v) is 40.1. The van der Waals surface area contributed by atoms with Crippen molar-refractivity contribution in [2.45, 2.75) is 154 Å². The molecule has 0 spiro atoms. The van der Waals surface area contributed by atoms with Gasteiger partial charge in [0.05, 0.1) is 44.1 Å². The molecule has 0 N–H and O–H groups in total. The van der Waals surface area contributed by atoms with Crippen LogP contribution in [0.5, 0.6) is 23.0 Å². The van der Waals surface area contributed by atoms with Gasteiger partial charge in [0.15, 0.2) is 44.4 Å². The van der Waals surface area contributed by atoms with E-state index in [2.05, 4.69) is 126 Å². The molecule has 1 unspecified atom stereocenters. The fourth-order valence-corrected chi connectivity index (χ4v) is 12.3. The molecule has 5 aromatic carbocycles. The van der Waals surface area contributed by atoms with E-state index in [9.17, 15) is 14.4 Å². The molecule has 1 fully saturated rings. The highest BCUT2D eigenvalue weighted by Crippen LogP contribution is 2.51. The van der Waals surface area contributed by atoms with Crippen LogP contribution in [0, 0.1) is 11.8 Å². The molecular weight excluding hydrogens is 1060 g/mol. The van der Waals surface area contributed by atoms with Crippen molar-refractivity contribution in [3.63, 3.8) is 0 Å². The number of methoxy groups -OCH3 is 2. The van der Waals surface area contributed by atoms with Crippen LogP contribution in [0.25, 0.3) is 0 Å². The molecule has 2 aliphatic rings. The van der Waals surface area contributed by atoms with E-state index in [1.807, 2.05) is 6.07 Å². The van der Waals surface area contributed by atoms with E-state index >= 15 is 0 Å². The summed E-state index contributed by atoms with van der Waals surface area (Å²) in [6.07, 6.45) is -4.77. The normalized spacial score (nSPS) is 20.9. The first-order chi connectivity index (χ1) is 37.4. The molecular formula is C64H86O13Si3. The van der Waals surface area contributed by atoms with E-state index in [1.165, 1.54) is 0 Å². The van der Waals surface area contributed by atoms with Gasteiger partial charge in [-0.3, -0.25) is 0 Å². The SMILES string of the molecule is COc1cc([C@@H]2c3cc(O[Si](C)(C)C(C)(C)C)c(OC)cc3C[C@H](CO[Si](C)(C)C(C)(C)C)[C@H]2COC2OC[C@@H](OC(=O)c3ccccc3)[C@H](OC(=O)c3ccccc3)[C@H]2OC(=O)c2ccccc2)ccc1O[Si](C)(C)C(C)(C)C. The minimum absolute atomic E-state index is 0.0441. The molecule has 0 radical (unpaired) electrons. The topological polar surface area (TPSA) is 144 Å². The van der Waals surface area contributed by atoms with Crippen LogP contribution in [-0.2, 0) is 34.5 Å². The van der Waals surface area contributed by atoms with Crippen LogP contribution < -0.4 is 18.3 Å². The fraction of sp³-hybridized carbons (Fsp3) is 0.484. The van der Waals surface area contributed by atoms with Crippen molar-refractivity contribution in [2.24, 2.45) is 11.8 Å². The van der Waals surface area contributed by atoms with E-state index in [4.69, 9.17) is 46.4 Å². The Morgan fingerprint density at radius 1 is 0.525 bits per heavy atom. The van der Waals surface area contributed by atoms with Crippen LogP contribution >= 0.6 is 0 Å². The Hall–Kier alpha value is -5.76. The molecule has 432 valence electrons.